The molecule has 0 unspecified atom stereocenters. The second-order valence-corrected chi connectivity index (χ2v) is 5.60. The highest BCUT2D eigenvalue weighted by Crippen LogP contribution is 2.08. The van der Waals surface area contributed by atoms with Crippen molar-refractivity contribution < 1.29 is 14.2 Å². The molecule has 1 aliphatic heterocycles. The van der Waals surface area contributed by atoms with Crippen molar-refractivity contribution in [2.75, 3.05) is 79.4 Å². The number of hydrogen-bond donors (Lipinski definition) is 2. The normalized spacial score (nSPS) is 17.2. The Morgan fingerprint density at radius 3 is 2.09 bits per heavy atom. The van der Waals surface area contributed by atoms with Crippen LogP contribution in [0.2, 0.25) is 0 Å². The van der Waals surface area contributed by atoms with Crippen molar-refractivity contribution in [1.29, 1.82) is 0 Å². The molecule has 1 aliphatic rings. The monoisotopic (exact) mass is 317 g/mol. The van der Waals surface area contributed by atoms with Gasteiger partial charge in [0, 0.05) is 19.1 Å². The Bertz CT molecular complexity index is 237. The van der Waals surface area contributed by atoms with E-state index in [1.54, 1.807) is 0 Å². The van der Waals surface area contributed by atoms with Crippen molar-refractivity contribution >= 4 is 0 Å². The van der Waals surface area contributed by atoms with Gasteiger partial charge in [-0.25, -0.2) is 0 Å². The van der Waals surface area contributed by atoms with Crippen LogP contribution in [0.15, 0.2) is 0 Å². The molecule has 0 aromatic rings. The Labute approximate surface area is 135 Å². The highest BCUT2D eigenvalue weighted by Gasteiger charge is 2.16. The molecule has 1 rings (SSSR count). The molecule has 0 saturated carbocycles. The van der Waals surface area contributed by atoms with Crippen LogP contribution in [0.3, 0.4) is 0 Å². The number of nitrogens with zero attached hydrogens (tertiary/aromatic N) is 1. The molecule has 0 bridgehead atoms. The van der Waals surface area contributed by atoms with E-state index >= 15 is 0 Å². The Kier molecular flexibility index (Phi) is 12.9. The highest BCUT2D eigenvalue weighted by molar-refractivity contribution is 4.75. The molecule has 0 spiro atoms. The lowest BCUT2D eigenvalue weighted by Crippen LogP contribution is -2.42. The second-order valence-electron chi connectivity index (χ2n) is 5.60. The van der Waals surface area contributed by atoms with Crippen LogP contribution in [0.5, 0.6) is 0 Å². The predicted molar refractivity (Wildman–Crippen MR) is 89.5 cm³/mol. The Morgan fingerprint density at radius 1 is 0.909 bits per heavy atom. The minimum Gasteiger partial charge on any atom is -0.378 e. The molecule has 1 fully saturated rings. The van der Waals surface area contributed by atoms with Crippen molar-refractivity contribution in [2.45, 2.75) is 25.8 Å². The zero-order chi connectivity index (χ0) is 15.9. The summed E-state index contributed by atoms with van der Waals surface area (Å²) in [5.41, 5.74) is 0. The molecular formula is C16H35N3O3. The number of likely N-dealkylation sites (N-methyl/N-ethyl adjacent to an activating group) is 1. The van der Waals surface area contributed by atoms with E-state index in [2.05, 4.69) is 29.5 Å². The zero-order valence-corrected chi connectivity index (χ0v) is 14.4. The molecule has 0 atom stereocenters. The maximum Gasteiger partial charge on any atom is 0.0701 e. The fraction of sp³-hybridized carbons (Fsp3) is 1.00. The molecule has 22 heavy (non-hydrogen) atoms. The first-order valence-electron chi connectivity index (χ1n) is 8.70. The number of nitrogens with one attached hydrogen (secondary N) is 2. The van der Waals surface area contributed by atoms with E-state index in [1.807, 2.05) is 0 Å². The SMILES string of the molecule is CCNCCOCCOCCOCCN1CCC(NC)CC1. The largest absolute Gasteiger partial charge is 0.378 e. The zero-order valence-electron chi connectivity index (χ0n) is 14.4. The lowest BCUT2D eigenvalue weighted by atomic mass is 10.1. The lowest BCUT2D eigenvalue weighted by Gasteiger charge is -2.31. The van der Waals surface area contributed by atoms with E-state index in [0.717, 1.165) is 32.8 Å². The van der Waals surface area contributed by atoms with Crippen molar-refractivity contribution in [3.63, 3.8) is 0 Å². The van der Waals surface area contributed by atoms with Crippen LogP contribution in [0.4, 0.5) is 0 Å². The highest BCUT2D eigenvalue weighted by atomic mass is 16.5. The fourth-order valence-corrected chi connectivity index (χ4v) is 2.50. The number of ether oxygens (including phenoxy) is 3. The summed E-state index contributed by atoms with van der Waals surface area (Å²) in [6.07, 6.45) is 2.49. The second kappa shape index (κ2) is 14.4. The standard InChI is InChI=1S/C16H35N3O3/c1-3-18-6-10-20-12-14-22-15-13-21-11-9-19-7-4-16(17-2)5-8-19/h16-18H,3-15H2,1-2H3. The summed E-state index contributed by atoms with van der Waals surface area (Å²) in [5, 5.41) is 6.56. The molecule has 6 nitrogen and oxygen atoms in total. The number of rotatable bonds is 14. The van der Waals surface area contributed by atoms with E-state index in [4.69, 9.17) is 14.2 Å². The van der Waals surface area contributed by atoms with E-state index in [1.165, 1.54) is 25.9 Å². The Morgan fingerprint density at radius 2 is 1.50 bits per heavy atom. The van der Waals surface area contributed by atoms with Gasteiger partial charge in [0.05, 0.1) is 39.6 Å². The van der Waals surface area contributed by atoms with Gasteiger partial charge in [-0.05, 0) is 39.5 Å². The quantitative estimate of drug-likeness (QED) is 0.450. The van der Waals surface area contributed by atoms with E-state index in [0.29, 0.717) is 32.5 Å². The molecule has 0 aliphatic carbocycles. The first-order chi connectivity index (χ1) is 10.9. The van der Waals surface area contributed by atoms with Gasteiger partial charge in [0.2, 0.25) is 0 Å². The minimum absolute atomic E-state index is 0.646. The van der Waals surface area contributed by atoms with Crippen LogP contribution in [0.25, 0.3) is 0 Å². The Hall–Kier alpha value is -0.240. The van der Waals surface area contributed by atoms with Crippen molar-refractivity contribution in [2.24, 2.45) is 0 Å². The number of likely N-dealkylation sites (tertiary alicyclic amines) is 1. The maximum absolute atomic E-state index is 5.62. The smallest absolute Gasteiger partial charge is 0.0701 e. The summed E-state index contributed by atoms with van der Waals surface area (Å²) in [4.78, 5) is 2.48. The van der Waals surface area contributed by atoms with Gasteiger partial charge < -0.3 is 29.7 Å². The van der Waals surface area contributed by atoms with Crippen molar-refractivity contribution in [3.8, 4) is 0 Å². The van der Waals surface area contributed by atoms with Crippen LogP contribution in [-0.4, -0.2) is 90.4 Å². The first kappa shape index (κ1) is 19.8. The van der Waals surface area contributed by atoms with Crippen LogP contribution in [-0.2, 0) is 14.2 Å². The van der Waals surface area contributed by atoms with Gasteiger partial charge in [0.25, 0.3) is 0 Å². The summed E-state index contributed by atoms with van der Waals surface area (Å²) < 4.78 is 16.5. The van der Waals surface area contributed by atoms with Gasteiger partial charge >= 0.3 is 0 Å². The van der Waals surface area contributed by atoms with Crippen LogP contribution >= 0.6 is 0 Å². The molecule has 1 heterocycles. The van der Waals surface area contributed by atoms with Gasteiger partial charge in [0.15, 0.2) is 0 Å². The van der Waals surface area contributed by atoms with Gasteiger partial charge in [-0.15, -0.1) is 0 Å². The first-order valence-corrected chi connectivity index (χ1v) is 8.70. The Balaban J connectivity index is 1.75. The topological polar surface area (TPSA) is 55.0 Å². The predicted octanol–water partition coefficient (Wildman–Crippen LogP) is 0.330. The molecule has 0 aromatic heterocycles. The molecule has 0 radical (unpaired) electrons. The van der Waals surface area contributed by atoms with Gasteiger partial charge in [-0.1, -0.05) is 6.92 Å². The van der Waals surface area contributed by atoms with Crippen molar-refractivity contribution in [1.82, 2.24) is 15.5 Å². The third-order valence-electron chi connectivity index (χ3n) is 3.96. The molecule has 0 aromatic carbocycles. The molecule has 6 heteroatoms. The third kappa shape index (κ3) is 10.5. The van der Waals surface area contributed by atoms with E-state index < -0.39 is 0 Å². The third-order valence-corrected chi connectivity index (χ3v) is 3.96. The molecular weight excluding hydrogens is 282 g/mol. The summed E-state index contributed by atoms with van der Waals surface area (Å²) in [5.74, 6) is 0. The molecule has 1 saturated heterocycles. The lowest BCUT2D eigenvalue weighted by molar-refractivity contribution is 0.00993. The van der Waals surface area contributed by atoms with Gasteiger partial charge in [0.1, 0.15) is 0 Å². The average Bonchev–Trinajstić information content (AvgIpc) is 2.56. The number of piperidine rings is 1. The maximum atomic E-state index is 5.62. The number of hydrogen-bond acceptors (Lipinski definition) is 6. The van der Waals surface area contributed by atoms with Crippen LogP contribution in [0.1, 0.15) is 19.8 Å². The summed E-state index contributed by atoms with van der Waals surface area (Å²) in [7, 11) is 2.05. The van der Waals surface area contributed by atoms with E-state index in [-0.39, 0.29) is 0 Å². The summed E-state index contributed by atoms with van der Waals surface area (Å²) in [6, 6.07) is 0.700. The van der Waals surface area contributed by atoms with Gasteiger partial charge in [-0.3, -0.25) is 0 Å². The summed E-state index contributed by atoms with van der Waals surface area (Å²) in [6.45, 7) is 11.5. The van der Waals surface area contributed by atoms with Crippen LogP contribution < -0.4 is 10.6 Å². The molecule has 132 valence electrons. The fourth-order valence-electron chi connectivity index (χ4n) is 2.50. The molecule has 0 amide bonds. The average molecular weight is 317 g/mol. The van der Waals surface area contributed by atoms with Gasteiger partial charge in [-0.2, -0.15) is 0 Å². The summed E-state index contributed by atoms with van der Waals surface area (Å²) >= 11 is 0. The van der Waals surface area contributed by atoms with Crippen molar-refractivity contribution in [3.05, 3.63) is 0 Å². The molecule has 2 N–H and O–H groups in total. The minimum atomic E-state index is 0.646. The van der Waals surface area contributed by atoms with Crippen LogP contribution in [0, 0.1) is 0 Å². The van der Waals surface area contributed by atoms with E-state index in [9.17, 15) is 0 Å².